The van der Waals surface area contributed by atoms with Gasteiger partial charge < -0.3 is 15.4 Å². The van der Waals surface area contributed by atoms with E-state index in [1.807, 2.05) is 6.92 Å². The molecule has 0 heterocycles. The Hall–Kier alpha value is -2.24. The molecule has 0 unspecified atom stereocenters. The van der Waals surface area contributed by atoms with Gasteiger partial charge in [-0.15, -0.1) is 0 Å². The summed E-state index contributed by atoms with van der Waals surface area (Å²) < 4.78 is 5.43. The van der Waals surface area contributed by atoms with E-state index < -0.39 is 0 Å². The number of hydrogen-bond donors (Lipinski definition) is 2. The average Bonchev–Trinajstić information content (AvgIpc) is 2.51. The van der Waals surface area contributed by atoms with Gasteiger partial charge in [0.15, 0.2) is 6.61 Å². The number of halogens is 2. The molecule has 0 radical (unpaired) electrons. The van der Waals surface area contributed by atoms with E-state index in [2.05, 4.69) is 10.6 Å². The highest BCUT2D eigenvalue weighted by Crippen LogP contribution is 2.26. The van der Waals surface area contributed by atoms with Crippen molar-refractivity contribution < 1.29 is 14.3 Å². The Morgan fingerprint density at radius 1 is 1.04 bits per heavy atom. The Bertz CT molecular complexity index is 778. The summed E-state index contributed by atoms with van der Waals surface area (Å²) in [5.41, 5.74) is 1.79. The Kier molecular flexibility index (Phi) is 6.06. The molecule has 0 aliphatic heterocycles. The Labute approximate surface area is 149 Å². The molecule has 0 saturated heterocycles. The minimum Gasteiger partial charge on any atom is -0.484 e. The highest BCUT2D eigenvalue weighted by Gasteiger charge is 2.09. The third-order valence-corrected chi connectivity index (χ3v) is 3.81. The number of carbonyl (C=O) groups is 2. The van der Waals surface area contributed by atoms with Crippen LogP contribution in [-0.2, 0) is 9.59 Å². The monoisotopic (exact) mass is 366 g/mol. The molecule has 0 spiro atoms. The van der Waals surface area contributed by atoms with E-state index in [1.165, 1.54) is 6.92 Å². The summed E-state index contributed by atoms with van der Waals surface area (Å²) in [4.78, 5) is 23.1. The molecular weight excluding hydrogens is 351 g/mol. The maximum absolute atomic E-state index is 12.0. The zero-order valence-corrected chi connectivity index (χ0v) is 14.7. The van der Waals surface area contributed by atoms with Gasteiger partial charge >= 0.3 is 0 Å². The van der Waals surface area contributed by atoms with Crippen molar-refractivity contribution in [1.82, 2.24) is 0 Å². The molecule has 0 bridgehead atoms. The van der Waals surface area contributed by atoms with Crippen LogP contribution in [0.15, 0.2) is 36.4 Å². The lowest BCUT2D eigenvalue weighted by molar-refractivity contribution is -0.118. The second kappa shape index (κ2) is 8.04. The van der Waals surface area contributed by atoms with Crippen LogP contribution >= 0.6 is 23.2 Å². The van der Waals surface area contributed by atoms with Crippen molar-refractivity contribution in [3.8, 4) is 5.75 Å². The number of hydrogen-bond acceptors (Lipinski definition) is 3. The van der Waals surface area contributed by atoms with Crippen LogP contribution in [0, 0.1) is 6.92 Å². The van der Waals surface area contributed by atoms with Gasteiger partial charge in [-0.1, -0.05) is 23.2 Å². The van der Waals surface area contributed by atoms with Gasteiger partial charge in [0.1, 0.15) is 5.75 Å². The van der Waals surface area contributed by atoms with Gasteiger partial charge in [-0.25, -0.2) is 0 Å². The summed E-state index contributed by atoms with van der Waals surface area (Å²) in [5.74, 6) is -0.0364. The number of anilines is 2. The highest BCUT2D eigenvalue weighted by molar-refractivity contribution is 6.34. The van der Waals surface area contributed by atoms with Gasteiger partial charge in [-0.3, -0.25) is 9.59 Å². The molecule has 0 aliphatic carbocycles. The molecule has 24 heavy (non-hydrogen) atoms. The predicted octanol–water partition coefficient (Wildman–Crippen LogP) is 4.28. The third kappa shape index (κ3) is 5.15. The topological polar surface area (TPSA) is 67.4 Å². The van der Waals surface area contributed by atoms with E-state index in [-0.39, 0.29) is 18.4 Å². The molecule has 0 aromatic heterocycles. The lowest BCUT2D eigenvalue weighted by Gasteiger charge is -2.11. The minimum absolute atomic E-state index is 0.179. The van der Waals surface area contributed by atoms with Crippen LogP contribution < -0.4 is 15.4 Å². The first-order valence-corrected chi connectivity index (χ1v) is 7.86. The maximum Gasteiger partial charge on any atom is 0.262 e. The predicted molar refractivity (Wildman–Crippen MR) is 96.1 cm³/mol. The molecule has 7 heteroatoms. The van der Waals surface area contributed by atoms with Crippen molar-refractivity contribution in [2.45, 2.75) is 13.8 Å². The van der Waals surface area contributed by atoms with E-state index in [4.69, 9.17) is 27.9 Å². The van der Waals surface area contributed by atoms with Crippen LogP contribution in [0.3, 0.4) is 0 Å². The van der Waals surface area contributed by atoms with Crippen molar-refractivity contribution in [3.63, 3.8) is 0 Å². The van der Waals surface area contributed by atoms with Crippen LogP contribution in [0.5, 0.6) is 5.75 Å². The fourth-order valence-corrected chi connectivity index (χ4v) is 2.23. The molecule has 2 aromatic rings. The molecule has 0 fully saturated rings. The summed E-state index contributed by atoms with van der Waals surface area (Å²) in [6.07, 6.45) is 0. The summed E-state index contributed by atoms with van der Waals surface area (Å²) in [6, 6.07) is 9.96. The Morgan fingerprint density at radius 2 is 1.75 bits per heavy atom. The van der Waals surface area contributed by atoms with Crippen LogP contribution in [0.1, 0.15) is 12.5 Å². The molecule has 2 rings (SSSR count). The number of amides is 2. The average molecular weight is 367 g/mol. The van der Waals surface area contributed by atoms with Crippen molar-refractivity contribution >= 4 is 46.4 Å². The van der Waals surface area contributed by atoms with Gasteiger partial charge in [0, 0.05) is 17.6 Å². The van der Waals surface area contributed by atoms with Crippen molar-refractivity contribution in [1.29, 1.82) is 0 Å². The van der Waals surface area contributed by atoms with Crippen LogP contribution in [0.4, 0.5) is 11.4 Å². The fraction of sp³-hybridized carbons (Fsp3) is 0.176. The van der Waals surface area contributed by atoms with E-state index in [0.29, 0.717) is 27.2 Å². The molecular formula is C17H16Cl2N2O3. The molecule has 0 saturated carbocycles. The minimum atomic E-state index is -0.371. The van der Waals surface area contributed by atoms with E-state index in [9.17, 15) is 9.59 Å². The van der Waals surface area contributed by atoms with Gasteiger partial charge in [-0.2, -0.15) is 0 Å². The number of rotatable bonds is 5. The smallest absolute Gasteiger partial charge is 0.262 e. The molecule has 2 amide bonds. The van der Waals surface area contributed by atoms with Crippen LogP contribution in [-0.4, -0.2) is 18.4 Å². The molecule has 2 aromatic carbocycles. The number of benzene rings is 2. The van der Waals surface area contributed by atoms with Crippen LogP contribution in [0.25, 0.3) is 0 Å². The van der Waals surface area contributed by atoms with Crippen LogP contribution in [0.2, 0.25) is 10.0 Å². The first-order chi connectivity index (χ1) is 11.3. The number of aryl methyl sites for hydroxylation is 1. The highest BCUT2D eigenvalue weighted by atomic mass is 35.5. The van der Waals surface area contributed by atoms with Crippen molar-refractivity contribution in [3.05, 3.63) is 52.0 Å². The summed E-state index contributed by atoms with van der Waals surface area (Å²) in [7, 11) is 0. The number of nitrogens with one attached hydrogen (secondary N) is 2. The first kappa shape index (κ1) is 18.1. The van der Waals surface area contributed by atoms with Gasteiger partial charge in [-0.05, 0) is 48.9 Å². The lowest BCUT2D eigenvalue weighted by Crippen LogP contribution is -2.20. The standard InChI is InChI=1S/C17H16Cl2N2O3/c1-10-7-13(4-6-14(10)18)24-9-17(23)21-16-8-12(20-11(2)22)3-5-15(16)19/h3-8H,9H2,1-2H3,(H,20,22)(H,21,23). The SMILES string of the molecule is CC(=O)Nc1ccc(Cl)c(NC(=O)COc2ccc(Cl)c(C)c2)c1. The lowest BCUT2D eigenvalue weighted by atomic mass is 10.2. The largest absolute Gasteiger partial charge is 0.484 e. The zero-order valence-electron chi connectivity index (χ0n) is 13.2. The van der Waals surface area contributed by atoms with E-state index in [1.54, 1.807) is 36.4 Å². The van der Waals surface area contributed by atoms with Gasteiger partial charge in [0.2, 0.25) is 5.91 Å². The fourth-order valence-electron chi connectivity index (χ4n) is 1.94. The number of ether oxygens (including phenoxy) is 1. The van der Waals surface area contributed by atoms with Gasteiger partial charge in [0.25, 0.3) is 5.91 Å². The van der Waals surface area contributed by atoms with Crippen molar-refractivity contribution in [2.24, 2.45) is 0 Å². The quantitative estimate of drug-likeness (QED) is 0.829. The molecule has 126 valence electrons. The second-order valence-corrected chi connectivity index (χ2v) is 5.94. The third-order valence-electron chi connectivity index (χ3n) is 3.06. The number of carbonyl (C=O) groups excluding carboxylic acids is 2. The Balaban J connectivity index is 1.98. The van der Waals surface area contributed by atoms with Gasteiger partial charge in [0.05, 0.1) is 10.7 Å². The second-order valence-electron chi connectivity index (χ2n) is 5.12. The maximum atomic E-state index is 12.0. The summed E-state index contributed by atoms with van der Waals surface area (Å²) in [6.45, 7) is 3.07. The van der Waals surface area contributed by atoms with Crippen molar-refractivity contribution in [2.75, 3.05) is 17.2 Å². The Morgan fingerprint density at radius 3 is 2.42 bits per heavy atom. The molecule has 0 aliphatic rings. The zero-order chi connectivity index (χ0) is 17.7. The summed E-state index contributed by atoms with van der Waals surface area (Å²) in [5, 5.41) is 6.26. The first-order valence-electron chi connectivity index (χ1n) is 7.11. The summed E-state index contributed by atoms with van der Waals surface area (Å²) >= 11 is 12.0. The molecule has 5 nitrogen and oxygen atoms in total. The normalized spacial score (nSPS) is 10.2. The van der Waals surface area contributed by atoms with E-state index >= 15 is 0 Å². The van der Waals surface area contributed by atoms with E-state index in [0.717, 1.165) is 5.56 Å². The molecule has 2 N–H and O–H groups in total. The molecule has 0 atom stereocenters.